The molecule has 522 valence electrons. The van der Waals surface area contributed by atoms with Crippen LogP contribution in [0.25, 0.3) is 0 Å². The van der Waals surface area contributed by atoms with Gasteiger partial charge in [-0.15, -0.1) is 0 Å². The number of aliphatic hydroxyl groups is 18. The second kappa shape index (κ2) is 28.6. The van der Waals surface area contributed by atoms with Crippen LogP contribution in [0.1, 0.15) is 62.3 Å². The van der Waals surface area contributed by atoms with Crippen LogP contribution in [-0.4, -0.2) is 368 Å². The summed E-state index contributed by atoms with van der Waals surface area (Å²) in [6.45, 7) is 12.6. The summed E-state index contributed by atoms with van der Waals surface area (Å²) in [5.41, 5.74) is 0. The van der Waals surface area contributed by atoms with Crippen LogP contribution in [0.4, 0.5) is 0 Å². The van der Waals surface area contributed by atoms with Crippen LogP contribution in [0.15, 0.2) is 0 Å². The largest absolute Gasteiger partial charge is 0.387 e. The van der Waals surface area contributed by atoms with Gasteiger partial charge in [-0.1, -0.05) is 0 Å². The van der Waals surface area contributed by atoms with Crippen molar-refractivity contribution in [3.05, 3.63) is 0 Å². The average molecular weight is 1320 g/mol. The third kappa shape index (κ3) is 13.8. The monoisotopic (exact) mass is 1310 g/mol. The van der Waals surface area contributed by atoms with Crippen molar-refractivity contribution in [2.75, 3.05) is 0 Å². The van der Waals surface area contributed by atoms with Crippen LogP contribution in [0, 0.1) is 0 Å². The molecule has 27 fully saturated rings. The molecule has 27 aliphatic heterocycles. The molecule has 45 atom stereocenters. The predicted molar refractivity (Wildman–Crippen MR) is 281 cm³/mol. The summed E-state index contributed by atoms with van der Waals surface area (Å²) in [6, 6.07) is 0. The van der Waals surface area contributed by atoms with E-state index < -0.39 is 276 Å². The van der Waals surface area contributed by atoms with Gasteiger partial charge in [0, 0.05) is 0 Å². The molecular weight excluding hydrogens is 1220 g/mol. The first-order valence-corrected chi connectivity index (χ1v) is 30.3. The maximum absolute atomic E-state index is 11.4. The van der Waals surface area contributed by atoms with Crippen LogP contribution in [0.5, 0.6) is 0 Å². The van der Waals surface area contributed by atoms with Crippen molar-refractivity contribution < 1.29 is 177 Å². The second-order valence-corrected chi connectivity index (χ2v) is 25.1. The molecule has 27 heterocycles. The zero-order valence-corrected chi connectivity index (χ0v) is 50.4. The molecule has 0 aromatic heterocycles. The first-order valence-electron chi connectivity index (χ1n) is 30.3. The highest BCUT2D eigenvalue weighted by Crippen LogP contribution is 2.40. The average Bonchev–Trinajstić information content (AvgIpc) is 0.801. The lowest BCUT2D eigenvalue weighted by Gasteiger charge is -2.49. The van der Waals surface area contributed by atoms with Gasteiger partial charge >= 0.3 is 0 Å². The van der Waals surface area contributed by atoms with Gasteiger partial charge in [-0.3, -0.25) is 0 Å². The zero-order valence-electron chi connectivity index (χ0n) is 50.4. The van der Waals surface area contributed by atoms with Crippen molar-refractivity contribution in [1.29, 1.82) is 0 Å². The van der Waals surface area contributed by atoms with E-state index in [0.717, 1.165) is 0 Å². The fraction of sp³-hybridized carbons (Fsp3) is 1.00. The smallest absolute Gasteiger partial charge is 0.187 e. The van der Waals surface area contributed by atoms with Gasteiger partial charge in [-0.05, 0) is 62.3 Å². The van der Waals surface area contributed by atoms with Gasteiger partial charge in [0.05, 0.1) is 54.9 Å². The minimum absolute atomic E-state index is 1.20. The number of ether oxygens (including phenoxy) is 18. The molecule has 0 aromatic carbocycles. The summed E-state index contributed by atoms with van der Waals surface area (Å²) in [4.78, 5) is 0. The molecule has 0 aromatic rings. The van der Waals surface area contributed by atoms with E-state index in [-0.39, 0.29) is 0 Å². The van der Waals surface area contributed by atoms with E-state index >= 15 is 0 Å². The van der Waals surface area contributed by atoms with Crippen LogP contribution < -0.4 is 0 Å². The second-order valence-electron chi connectivity index (χ2n) is 25.1. The van der Waals surface area contributed by atoms with Gasteiger partial charge in [0.1, 0.15) is 165 Å². The lowest BCUT2D eigenvalue weighted by Crippen LogP contribution is -2.67. The van der Waals surface area contributed by atoms with Gasteiger partial charge in [0.25, 0.3) is 0 Å². The first-order chi connectivity index (χ1) is 42.3. The Bertz CT molecular complexity index is 1820. The SMILES string of the molecule is CC1O[C@@H]2O[C@@H]3C(C)O[C@H](O[C@@H]4C(C)O[C@H](O[C@@H]5C(C)O[C@@H](O[C@@H]6C(C)O[C@H](O[C@@H]7C(C)O[C@H](O[C@@H]8C(C)O[C@@H](O[C@@H]9C(C)O[C@H](O[C@@H]%10C(C)O[C@H](O[C@H]1[C@H](O)C2O)C(O)[C@H]%10O)C(O)[C@H]9O)C(O)[C@H]8O)C(O)[C@H]7O)C(O)[C@H]6O)C(O)[C@H]5O)C(O)[C@H]4O)C(O)[C@H]3O. The van der Waals surface area contributed by atoms with E-state index in [1.165, 1.54) is 62.3 Å². The summed E-state index contributed by atoms with van der Waals surface area (Å²) in [5, 5.41) is 205. The minimum Gasteiger partial charge on any atom is -0.387 e. The third-order valence-corrected chi connectivity index (χ3v) is 18.6. The normalized spacial score (nSPS) is 59.7. The topological polar surface area (TPSA) is 530 Å². The van der Waals surface area contributed by atoms with Crippen LogP contribution in [0.2, 0.25) is 0 Å². The maximum atomic E-state index is 11.4. The van der Waals surface area contributed by atoms with Crippen LogP contribution >= 0.6 is 0 Å². The lowest BCUT2D eigenvalue weighted by atomic mass is 9.95. The summed E-state index contributed by atoms with van der Waals surface area (Å²) in [6.07, 6.45) is -74.3. The Labute approximate surface area is 514 Å². The maximum Gasteiger partial charge on any atom is 0.187 e. The molecular formula is C54H90O36. The third-order valence-electron chi connectivity index (χ3n) is 18.6. The van der Waals surface area contributed by atoms with E-state index in [9.17, 15) is 91.9 Å². The molecule has 18 unspecified atom stereocenters. The Hall–Kier alpha value is -1.44. The van der Waals surface area contributed by atoms with E-state index in [2.05, 4.69) is 0 Å². The van der Waals surface area contributed by atoms with Crippen molar-refractivity contribution >= 4 is 0 Å². The quantitative estimate of drug-likeness (QED) is 0.107. The molecule has 18 bridgehead atoms. The fourth-order valence-electron chi connectivity index (χ4n) is 13.1. The van der Waals surface area contributed by atoms with Crippen LogP contribution in [0.3, 0.4) is 0 Å². The van der Waals surface area contributed by atoms with E-state index in [4.69, 9.17) is 85.3 Å². The molecule has 27 aliphatic rings. The highest BCUT2D eigenvalue weighted by Gasteiger charge is 2.59. The van der Waals surface area contributed by atoms with Crippen molar-refractivity contribution in [1.82, 2.24) is 0 Å². The molecule has 90 heavy (non-hydrogen) atoms. The van der Waals surface area contributed by atoms with E-state index in [0.29, 0.717) is 0 Å². The van der Waals surface area contributed by atoms with Crippen molar-refractivity contribution in [2.24, 2.45) is 0 Å². The van der Waals surface area contributed by atoms with Gasteiger partial charge < -0.3 is 177 Å². The Balaban J connectivity index is 0.846. The molecule has 0 spiro atoms. The molecule has 0 aliphatic carbocycles. The summed E-state index contributed by atoms with van der Waals surface area (Å²) in [7, 11) is 0. The zero-order chi connectivity index (χ0) is 65.7. The van der Waals surface area contributed by atoms with E-state index in [1.54, 1.807) is 0 Å². The van der Waals surface area contributed by atoms with Crippen molar-refractivity contribution in [3.8, 4) is 0 Å². The summed E-state index contributed by atoms with van der Waals surface area (Å²) < 4.78 is 106. The minimum atomic E-state index is -1.95. The van der Waals surface area contributed by atoms with Crippen LogP contribution in [-0.2, 0) is 85.3 Å². The predicted octanol–water partition coefficient (Wildman–Crippen LogP) is -10.3. The van der Waals surface area contributed by atoms with Gasteiger partial charge in [-0.25, -0.2) is 0 Å². The molecule has 36 heteroatoms. The highest BCUT2D eigenvalue weighted by molar-refractivity contribution is 5.01. The van der Waals surface area contributed by atoms with Gasteiger partial charge in [-0.2, -0.15) is 0 Å². The Morgan fingerprint density at radius 2 is 0.200 bits per heavy atom. The molecule has 18 N–H and O–H groups in total. The molecule has 27 saturated heterocycles. The fourth-order valence-corrected chi connectivity index (χ4v) is 13.1. The van der Waals surface area contributed by atoms with Crippen molar-refractivity contribution in [3.63, 3.8) is 0 Å². The lowest BCUT2D eigenvalue weighted by molar-refractivity contribution is -0.393. The molecule has 0 radical (unpaired) electrons. The number of aliphatic hydroxyl groups excluding tert-OH is 18. The van der Waals surface area contributed by atoms with E-state index in [1.807, 2.05) is 0 Å². The Morgan fingerprint density at radius 1 is 0.122 bits per heavy atom. The molecule has 27 rings (SSSR count). The van der Waals surface area contributed by atoms with Gasteiger partial charge in [0.2, 0.25) is 0 Å². The Kier molecular flexibility index (Phi) is 22.6. The number of hydrogen-bond acceptors (Lipinski definition) is 36. The van der Waals surface area contributed by atoms with Crippen molar-refractivity contribution in [2.45, 2.75) is 339 Å². The first kappa shape index (κ1) is 71.3. The summed E-state index contributed by atoms with van der Waals surface area (Å²) in [5.74, 6) is 0. The number of hydrogen-bond donors (Lipinski definition) is 18. The standard InChI is InChI=1S/C54H90O36/c1-10-37-19(55)28(64)46(73-10)83-38-11(2)75-48(30(66)21(38)57)85-40-13(4)77-50(32(68)23(40)59)87-42-15(6)79-52(34(70)25(42)61)89-44-17(8)81-54(36(72)27(44)63)90-45-18(9)80-53(35(71)26(45)62)88-43-16(7)78-51(33(69)24(43)60)86-41-14(5)76-49(31(67)22(41)58)84-39-12(3)74-47(82-37)29(65)20(39)56/h10-72H,1-9H3/t10?,11?,12?,13?,14?,15?,16?,17?,18?,19-,20-,21-,22-,23-,24-,25-,26-,27-,28?,29?,30?,31?,32?,33?,34?,35?,36?,37-,38-,39-,40-,41-,42-,43-,44-,45-,46-,47-,48-,49-,50-,51+,52+,53-,54-/m1/s1. The van der Waals surface area contributed by atoms with Gasteiger partial charge in [0.15, 0.2) is 56.6 Å². The molecule has 0 amide bonds. The highest BCUT2D eigenvalue weighted by atomic mass is 16.8. The molecule has 36 nitrogen and oxygen atoms in total. The Morgan fingerprint density at radius 3 is 0.278 bits per heavy atom. The number of rotatable bonds is 0. The molecule has 0 saturated carbocycles. The summed E-state index contributed by atoms with van der Waals surface area (Å²) >= 11 is 0.